The lowest BCUT2D eigenvalue weighted by atomic mass is 10.1. The van der Waals surface area contributed by atoms with E-state index < -0.39 is 6.10 Å². The van der Waals surface area contributed by atoms with Crippen LogP contribution in [0.4, 0.5) is 0 Å². The highest BCUT2D eigenvalue weighted by atomic mass is 16.6. The van der Waals surface area contributed by atoms with Crippen molar-refractivity contribution < 1.29 is 28.6 Å². The maximum atomic E-state index is 12.8. The van der Waals surface area contributed by atoms with Gasteiger partial charge >= 0.3 is 17.9 Å². The van der Waals surface area contributed by atoms with Crippen LogP contribution in [-0.4, -0.2) is 37.2 Å². The third kappa shape index (κ3) is 47.7. The van der Waals surface area contributed by atoms with Crippen LogP contribution in [0.15, 0.2) is 72.9 Å². The molecule has 0 heterocycles. The zero-order valence-electron chi connectivity index (χ0n) is 39.9. The van der Waals surface area contributed by atoms with Crippen LogP contribution >= 0.6 is 0 Å². The van der Waals surface area contributed by atoms with Gasteiger partial charge in [-0.15, -0.1) is 0 Å². The zero-order valence-corrected chi connectivity index (χ0v) is 39.9. The quantitative estimate of drug-likeness (QED) is 0.0200. The second-order valence-electron chi connectivity index (χ2n) is 16.7. The molecule has 0 aliphatic heterocycles. The molecule has 0 aromatic carbocycles. The molecule has 0 aliphatic carbocycles. The summed E-state index contributed by atoms with van der Waals surface area (Å²) in [5, 5.41) is 0. The molecule has 0 fully saturated rings. The lowest BCUT2D eigenvalue weighted by Crippen LogP contribution is -2.30. The van der Waals surface area contributed by atoms with E-state index in [0.29, 0.717) is 19.3 Å². The summed E-state index contributed by atoms with van der Waals surface area (Å²) in [7, 11) is 0. The Morgan fingerprint density at radius 1 is 0.361 bits per heavy atom. The first-order valence-corrected chi connectivity index (χ1v) is 25.5. The first-order chi connectivity index (χ1) is 30.0. The topological polar surface area (TPSA) is 78.9 Å². The van der Waals surface area contributed by atoms with Crippen molar-refractivity contribution in [3.8, 4) is 0 Å². The van der Waals surface area contributed by atoms with Gasteiger partial charge in [-0.05, 0) is 96.3 Å². The minimum absolute atomic E-state index is 0.1000. The van der Waals surface area contributed by atoms with Crippen LogP contribution in [0.5, 0.6) is 0 Å². The van der Waals surface area contributed by atoms with E-state index in [1.165, 1.54) is 89.9 Å². The molecular formula is C55H94O6. The molecule has 61 heavy (non-hydrogen) atoms. The van der Waals surface area contributed by atoms with Gasteiger partial charge in [0.2, 0.25) is 0 Å². The van der Waals surface area contributed by atoms with Crippen LogP contribution < -0.4 is 0 Å². The number of hydrogen-bond acceptors (Lipinski definition) is 6. The second-order valence-corrected chi connectivity index (χ2v) is 16.7. The Bertz CT molecular complexity index is 1160. The molecule has 0 aliphatic rings. The van der Waals surface area contributed by atoms with E-state index in [9.17, 15) is 14.4 Å². The number of rotatable bonds is 45. The number of unbranched alkanes of at least 4 members (excludes halogenated alkanes) is 24. The number of allylic oxidation sites excluding steroid dienone is 12. The standard InChI is InChI=1S/C55H94O6/c1-4-7-10-13-16-19-21-23-25-27-28-30-31-33-36-39-42-45-48-54(57)60-51-52(50-59-53(56)47-44-41-38-35-18-15-12-9-6-3)61-55(58)49-46-43-40-37-34-32-29-26-24-22-20-17-14-11-8-5-2/h9,12,18,21,23,25-30,35,52H,4-8,10-11,13-17,19-20,22,24,31-34,36-51H2,1-3H3/b12-9-,23-21-,27-25-,29-26-,30-28-,35-18-. The van der Waals surface area contributed by atoms with Gasteiger partial charge in [-0.3, -0.25) is 14.4 Å². The fourth-order valence-electron chi connectivity index (χ4n) is 6.89. The van der Waals surface area contributed by atoms with E-state index >= 15 is 0 Å². The summed E-state index contributed by atoms with van der Waals surface area (Å²) in [6.45, 7) is 6.44. The van der Waals surface area contributed by atoms with Crippen molar-refractivity contribution in [1.29, 1.82) is 0 Å². The summed E-state index contributed by atoms with van der Waals surface area (Å²) in [5.74, 6) is -0.964. The lowest BCUT2D eigenvalue weighted by molar-refractivity contribution is -0.167. The van der Waals surface area contributed by atoms with Crippen molar-refractivity contribution in [3.05, 3.63) is 72.9 Å². The van der Waals surface area contributed by atoms with E-state index in [-0.39, 0.29) is 31.1 Å². The summed E-state index contributed by atoms with van der Waals surface area (Å²) in [6.07, 6.45) is 61.8. The van der Waals surface area contributed by atoms with Crippen LogP contribution in [0.1, 0.15) is 239 Å². The van der Waals surface area contributed by atoms with Gasteiger partial charge < -0.3 is 14.2 Å². The molecule has 0 aromatic rings. The van der Waals surface area contributed by atoms with Crippen molar-refractivity contribution in [2.24, 2.45) is 0 Å². The van der Waals surface area contributed by atoms with Crippen LogP contribution in [0.25, 0.3) is 0 Å². The predicted octanol–water partition coefficient (Wildman–Crippen LogP) is 16.6. The van der Waals surface area contributed by atoms with Crippen molar-refractivity contribution in [1.82, 2.24) is 0 Å². The molecule has 350 valence electrons. The SMILES string of the molecule is CC/C=C\C/C=C\CCCCC(=O)OCC(COC(=O)CCCCCCC\C=C/C=C\C=C/CCCCCCC)OC(=O)CCCCCCC/C=C\CCCCCCCCC. The fraction of sp³-hybridized carbons (Fsp3) is 0.727. The van der Waals surface area contributed by atoms with Gasteiger partial charge in [0, 0.05) is 19.3 Å². The number of carbonyl (C=O) groups excluding carboxylic acids is 3. The minimum Gasteiger partial charge on any atom is -0.462 e. The Hall–Kier alpha value is -3.15. The maximum Gasteiger partial charge on any atom is 0.306 e. The normalized spacial score (nSPS) is 12.6. The van der Waals surface area contributed by atoms with Gasteiger partial charge in [-0.2, -0.15) is 0 Å². The average molecular weight is 851 g/mol. The van der Waals surface area contributed by atoms with Gasteiger partial charge in [-0.25, -0.2) is 0 Å². The molecule has 0 amide bonds. The summed E-state index contributed by atoms with van der Waals surface area (Å²) in [5.41, 5.74) is 0. The monoisotopic (exact) mass is 851 g/mol. The molecule has 0 rings (SSSR count). The molecule has 6 nitrogen and oxygen atoms in total. The highest BCUT2D eigenvalue weighted by Gasteiger charge is 2.19. The summed E-state index contributed by atoms with van der Waals surface area (Å²) in [4.78, 5) is 37.8. The summed E-state index contributed by atoms with van der Waals surface area (Å²) < 4.78 is 16.7. The van der Waals surface area contributed by atoms with E-state index in [1.807, 2.05) is 0 Å². The number of esters is 3. The Labute approximate surface area is 376 Å². The molecule has 6 heteroatoms. The number of ether oxygens (including phenoxy) is 3. The average Bonchev–Trinajstić information content (AvgIpc) is 3.26. The third-order valence-electron chi connectivity index (χ3n) is 10.7. The van der Waals surface area contributed by atoms with Crippen molar-refractivity contribution in [3.63, 3.8) is 0 Å². The molecule has 1 atom stereocenters. The smallest absolute Gasteiger partial charge is 0.306 e. The van der Waals surface area contributed by atoms with Gasteiger partial charge in [-0.1, -0.05) is 196 Å². The van der Waals surface area contributed by atoms with E-state index in [4.69, 9.17) is 14.2 Å². The minimum atomic E-state index is -0.799. The first kappa shape index (κ1) is 57.9. The highest BCUT2D eigenvalue weighted by molar-refractivity contribution is 5.71. The van der Waals surface area contributed by atoms with E-state index in [0.717, 1.165) is 109 Å². The Morgan fingerprint density at radius 2 is 0.705 bits per heavy atom. The molecule has 0 N–H and O–H groups in total. The van der Waals surface area contributed by atoms with E-state index in [2.05, 4.69) is 93.7 Å². The van der Waals surface area contributed by atoms with Gasteiger partial charge in [0.05, 0.1) is 0 Å². The van der Waals surface area contributed by atoms with Crippen LogP contribution in [0.3, 0.4) is 0 Å². The Morgan fingerprint density at radius 3 is 1.16 bits per heavy atom. The number of hydrogen-bond donors (Lipinski definition) is 0. The second kappa shape index (κ2) is 49.5. The molecule has 1 unspecified atom stereocenters. The molecular weight excluding hydrogens is 757 g/mol. The molecule has 0 saturated heterocycles. The van der Waals surface area contributed by atoms with E-state index in [1.54, 1.807) is 0 Å². The van der Waals surface area contributed by atoms with Crippen LogP contribution in [0.2, 0.25) is 0 Å². The fourth-order valence-corrected chi connectivity index (χ4v) is 6.89. The van der Waals surface area contributed by atoms with Crippen molar-refractivity contribution in [2.75, 3.05) is 13.2 Å². The Balaban J connectivity index is 4.40. The van der Waals surface area contributed by atoms with Crippen molar-refractivity contribution >= 4 is 17.9 Å². The van der Waals surface area contributed by atoms with Gasteiger partial charge in [0.25, 0.3) is 0 Å². The zero-order chi connectivity index (χ0) is 44.4. The third-order valence-corrected chi connectivity index (χ3v) is 10.7. The number of carbonyl (C=O) groups is 3. The maximum absolute atomic E-state index is 12.8. The Kier molecular flexibility index (Phi) is 46.9. The molecule has 0 saturated carbocycles. The first-order valence-electron chi connectivity index (χ1n) is 25.5. The molecule has 0 spiro atoms. The molecule has 0 aromatic heterocycles. The van der Waals surface area contributed by atoms with Gasteiger partial charge in [0.1, 0.15) is 13.2 Å². The van der Waals surface area contributed by atoms with Gasteiger partial charge in [0.15, 0.2) is 6.10 Å². The summed E-state index contributed by atoms with van der Waals surface area (Å²) >= 11 is 0. The van der Waals surface area contributed by atoms with Crippen LogP contribution in [-0.2, 0) is 28.6 Å². The molecule has 0 bridgehead atoms. The van der Waals surface area contributed by atoms with Crippen LogP contribution in [0, 0.1) is 0 Å². The summed E-state index contributed by atoms with van der Waals surface area (Å²) in [6, 6.07) is 0. The molecule has 0 radical (unpaired) electrons. The largest absolute Gasteiger partial charge is 0.462 e. The lowest BCUT2D eigenvalue weighted by Gasteiger charge is -2.18. The highest BCUT2D eigenvalue weighted by Crippen LogP contribution is 2.13. The predicted molar refractivity (Wildman–Crippen MR) is 261 cm³/mol. The van der Waals surface area contributed by atoms with Crippen molar-refractivity contribution in [2.45, 2.75) is 245 Å².